The van der Waals surface area contributed by atoms with Crippen molar-refractivity contribution in [1.82, 2.24) is 4.98 Å². The number of nitriles is 1. The Hall–Kier alpha value is -2.54. The van der Waals surface area contributed by atoms with Crippen LogP contribution in [0.25, 0.3) is 0 Å². The third-order valence-corrected chi connectivity index (χ3v) is 2.57. The van der Waals surface area contributed by atoms with E-state index in [1.807, 2.05) is 43.3 Å². The van der Waals surface area contributed by atoms with Gasteiger partial charge < -0.3 is 10.5 Å². The van der Waals surface area contributed by atoms with Crippen molar-refractivity contribution in [3.05, 3.63) is 53.7 Å². The predicted molar refractivity (Wildman–Crippen MR) is 68.8 cm³/mol. The molecule has 1 atom stereocenters. The molecule has 0 bridgehead atoms. The second kappa shape index (κ2) is 5.19. The second-order valence-electron chi connectivity index (χ2n) is 3.87. The summed E-state index contributed by atoms with van der Waals surface area (Å²) in [7, 11) is 0. The summed E-state index contributed by atoms with van der Waals surface area (Å²) in [5.74, 6) is 0.400. The van der Waals surface area contributed by atoms with Crippen molar-refractivity contribution in [2.45, 2.75) is 13.0 Å². The average Bonchev–Trinajstić information content (AvgIpc) is 2.42. The number of pyridine rings is 1. The first kappa shape index (κ1) is 11.9. The van der Waals surface area contributed by atoms with E-state index in [1.54, 1.807) is 12.1 Å². The quantitative estimate of drug-likeness (QED) is 0.893. The van der Waals surface area contributed by atoms with Crippen molar-refractivity contribution >= 4 is 5.69 Å². The highest BCUT2D eigenvalue weighted by atomic mass is 16.5. The van der Waals surface area contributed by atoms with Gasteiger partial charge in [-0.15, -0.1) is 0 Å². The van der Waals surface area contributed by atoms with Crippen molar-refractivity contribution < 1.29 is 4.74 Å². The normalized spacial score (nSPS) is 11.6. The van der Waals surface area contributed by atoms with Gasteiger partial charge >= 0.3 is 0 Å². The van der Waals surface area contributed by atoms with Crippen LogP contribution in [0.1, 0.15) is 24.3 Å². The average molecular weight is 239 g/mol. The standard InChI is InChI=1S/C14H13N3O/c1-10(11-5-3-2-4-6-11)18-14-8-7-12(16)13(9-15)17-14/h2-8,10H,16H2,1H3. The number of benzene rings is 1. The fourth-order valence-corrected chi connectivity index (χ4v) is 1.58. The van der Waals surface area contributed by atoms with Gasteiger partial charge in [0.2, 0.25) is 5.88 Å². The van der Waals surface area contributed by atoms with Crippen LogP contribution in [0.15, 0.2) is 42.5 Å². The highest BCUT2D eigenvalue weighted by Crippen LogP contribution is 2.21. The molecule has 0 aliphatic carbocycles. The number of hydrogen-bond donors (Lipinski definition) is 1. The zero-order valence-electron chi connectivity index (χ0n) is 10.00. The summed E-state index contributed by atoms with van der Waals surface area (Å²) < 4.78 is 5.68. The van der Waals surface area contributed by atoms with Crippen molar-refractivity contribution in [3.63, 3.8) is 0 Å². The van der Waals surface area contributed by atoms with E-state index in [-0.39, 0.29) is 11.8 Å². The lowest BCUT2D eigenvalue weighted by molar-refractivity contribution is 0.217. The smallest absolute Gasteiger partial charge is 0.215 e. The number of nitrogens with zero attached hydrogens (tertiary/aromatic N) is 2. The number of nitrogens with two attached hydrogens (primary N) is 1. The maximum atomic E-state index is 8.85. The summed E-state index contributed by atoms with van der Waals surface area (Å²) in [5, 5.41) is 8.85. The van der Waals surface area contributed by atoms with Crippen LogP contribution in [0, 0.1) is 11.3 Å². The monoisotopic (exact) mass is 239 g/mol. The van der Waals surface area contributed by atoms with Crippen LogP contribution in [-0.2, 0) is 0 Å². The lowest BCUT2D eigenvalue weighted by Crippen LogP contribution is -2.05. The van der Waals surface area contributed by atoms with Crippen LogP contribution in [-0.4, -0.2) is 4.98 Å². The maximum absolute atomic E-state index is 8.85. The highest BCUT2D eigenvalue weighted by Gasteiger charge is 2.09. The van der Waals surface area contributed by atoms with E-state index >= 15 is 0 Å². The molecule has 0 aliphatic rings. The molecule has 0 saturated heterocycles. The summed E-state index contributed by atoms with van der Waals surface area (Å²) in [5.41, 5.74) is 7.20. The Balaban J connectivity index is 2.18. The van der Waals surface area contributed by atoms with E-state index in [4.69, 9.17) is 15.7 Å². The minimum Gasteiger partial charge on any atom is -0.470 e. The van der Waals surface area contributed by atoms with Crippen LogP contribution < -0.4 is 10.5 Å². The summed E-state index contributed by atoms with van der Waals surface area (Å²) in [6.45, 7) is 1.93. The van der Waals surface area contributed by atoms with E-state index in [1.165, 1.54) is 0 Å². The lowest BCUT2D eigenvalue weighted by atomic mass is 10.1. The van der Waals surface area contributed by atoms with Gasteiger partial charge in [0.15, 0.2) is 5.69 Å². The Kier molecular flexibility index (Phi) is 3.44. The van der Waals surface area contributed by atoms with Gasteiger partial charge in [-0.1, -0.05) is 30.3 Å². The Bertz CT molecular complexity index is 575. The number of aromatic nitrogens is 1. The molecule has 1 unspecified atom stereocenters. The lowest BCUT2D eigenvalue weighted by Gasteiger charge is -2.14. The fourth-order valence-electron chi connectivity index (χ4n) is 1.58. The summed E-state index contributed by atoms with van der Waals surface area (Å²) in [6, 6.07) is 15.0. The SMILES string of the molecule is CC(Oc1ccc(N)c(C#N)n1)c1ccccc1. The highest BCUT2D eigenvalue weighted by molar-refractivity contribution is 5.50. The molecule has 2 aromatic rings. The molecule has 1 aromatic carbocycles. The van der Waals surface area contributed by atoms with E-state index in [9.17, 15) is 0 Å². The van der Waals surface area contributed by atoms with Crippen LogP contribution in [0.5, 0.6) is 5.88 Å². The van der Waals surface area contributed by atoms with E-state index in [0.29, 0.717) is 11.6 Å². The number of hydrogen-bond acceptors (Lipinski definition) is 4. The van der Waals surface area contributed by atoms with E-state index in [2.05, 4.69) is 4.98 Å². The first-order chi connectivity index (χ1) is 8.70. The van der Waals surface area contributed by atoms with Gasteiger partial charge in [-0.05, 0) is 18.6 Å². The Labute approximate surface area is 106 Å². The molecule has 0 aliphatic heterocycles. The second-order valence-corrected chi connectivity index (χ2v) is 3.87. The first-order valence-electron chi connectivity index (χ1n) is 5.59. The van der Waals surface area contributed by atoms with Crippen LogP contribution in [0.4, 0.5) is 5.69 Å². The molecular weight excluding hydrogens is 226 g/mol. The Morgan fingerprint density at radius 2 is 1.94 bits per heavy atom. The van der Waals surface area contributed by atoms with Crippen molar-refractivity contribution in [2.24, 2.45) is 0 Å². The zero-order valence-corrected chi connectivity index (χ0v) is 10.00. The van der Waals surface area contributed by atoms with Crippen molar-refractivity contribution in [3.8, 4) is 11.9 Å². The molecule has 0 amide bonds. The predicted octanol–water partition coefficient (Wildman–Crippen LogP) is 2.68. The first-order valence-corrected chi connectivity index (χ1v) is 5.59. The molecule has 0 radical (unpaired) electrons. The molecule has 1 aromatic heterocycles. The van der Waals surface area contributed by atoms with Gasteiger partial charge in [0.25, 0.3) is 0 Å². The molecule has 0 spiro atoms. The topological polar surface area (TPSA) is 71.9 Å². The van der Waals surface area contributed by atoms with Gasteiger partial charge in [0.1, 0.15) is 12.2 Å². The molecule has 4 nitrogen and oxygen atoms in total. The van der Waals surface area contributed by atoms with E-state index < -0.39 is 0 Å². The van der Waals surface area contributed by atoms with Crippen molar-refractivity contribution in [2.75, 3.05) is 5.73 Å². The third-order valence-electron chi connectivity index (χ3n) is 2.57. The van der Waals surface area contributed by atoms with Crippen LogP contribution >= 0.6 is 0 Å². The third kappa shape index (κ3) is 2.58. The van der Waals surface area contributed by atoms with E-state index in [0.717, 1.165) is 5.56 Å². The molecule has 4 heteroatoms. The largest absolute Gasteiger partial charge is 0.470 e. The minimum absolute atomic E-state index is 0.131. The van der Waals surface area contributed by atoms with Gasteiger partial charge in [-0.25, -0.2) is 4.98 Å². The molecule has 1 heterocycles. The van der Waals surface area contributed by atoms with Gasteiger partial charge in [0, 0.05) is 6.07 Å². The van der Waals surface area contributed by atoms with Gasteiger partial charge in [-0.2, -0.15) is 5.26 Å². The molecule has 0 saturated carbocycles. The maximum Gasteiger partial charge on any atom is 0.215 e. The minimum atomic E-state index is -0.131. The summed E-state index contributed by atoms with van der Waals surface area (Å²) in [4.78, 5) is 4.05. The molecule has 90 valence electrons. The zero-order chi connectivity index (χ0) is 13.0. The van der Waals surface area contributed by atoms with Crippen molar-refractivity contribution in [1.29, 1.82) is 5.26 Å². The van der Waals surface area contributed by atoms with Crippen LogP contribution in [0.3, 0.4) is 0 Å². The number of nitrogen functional groups attached to an aromatic ring is 1. The Morgan fingerprint density at radius 1 is 1.22 bits per heavy atom. The number of rotatable bonds is 3. The van der Waals surface area contributed by atoms with Gasteiger partial charge in [0.05, 0.1) is 5.69 Å². The number of ether oxygens (including phenoxy) is 1. The van der Waals surface area contributed by atoms with Gasteiger partial charge in [-0.3, -0.25) is 0 Å². The molecule has 2 N–H and O–H groups in total. The fraction of sp³-hybridized carbons (Fsp3) is 0.143. The van der Waals surface area contributed by atoms with Crippen LogP contribution in [0.2, 0.25) is 0 Å². The number of anilines is 1. The molecule has 18 heavy (non-hydrogen) atoms. The molecule has 2 rings (SSSR count). The molecular formula is C14H13N3O. The Morgan fingerprint density at radius 3 is 2.61 bits per heavy atom. The summed E-state index contributed by atoms with van der Waals surface area (Å²) >= 11 is 0. The molecule has 0 fully saturated rings. The summed E-state index contributed by atoms with van der Waals surface area (Å²) in [6.07, 6.45) is -0.131.